The molecular formula is C20H27NO2P+. The van der Waals surface area contributed by atoms with Crippen LogP contribution < -0.4 is 0 Å². The zero-order chi connectivity index (χ0) is 17.6. The van der Waals surface area contributed by atoms with E-state index in [1.165, 1.54) is 11.1 Å². The van der Waals surface area contributed by atoms with E-state index in [0.29, 0.717) is 0 Å². The highest BCUT2D eigenvalue weighted by Gasteiger charge is 2.45. The summed E-state index contributed by atoms with van der Waals surface area (Å²) in [6, 6.07) is 20.5. The molecule has 0 spiro atoms. The second-order valence-corrected chi connectivity index (χ2v) is 7.77. The summed E-state index contributed by atoms with van der Waals surface area (Å²) in [6.07, 6.45) is 2.46. The Hall–Kier alpha value is -1.54. The zero-order valence-corrected chi connectivity index (χ0v) is 15.6. The molecule has 0 radical (unpaired) electrons. The largest absolute Gasteiger partial charge is 0.613 e. The van der Waals surface area contributed by atoms with Gasteiger partial charge in [0.15, 0.2) is 0 Å². The molecule has 2 aromatic carbocycles. The normalized spacial score (nSPS) is 14.7. The van der Waals surface area contributed by atoms with Crippen LogP contribution in [0.5, 0.6) is 0 Å². The minimum Gasteiger partial charge on any atom is -0.144 e. The molecule has 1 N–H and O–H groups in total. The van der Waals surface area contributed by atoms with E-state index < -0.39 is 8.18 Å². The summed E-state index contributed by atoms with van der Waals surface area (Å²) in [5, 5.41) is 0. The van der Waals surface area contributed by atoms with Crippen molar-refractivity contribution in [3.05, 3.63) is 71.8 Å². The van der Waals surface area contributed by atoms with E-state index in [-0.39, 0.29) is 11.6 Å². The van der Waals surface area contributed by atoms with Gasteiger partial charge in [-0.1, -0.05) is 65.3 Å². The molecule has 24 heavy (non-hydrogen) atoms. The average Bonchev–Trinajstić information content (AvgIpc) is 2.54. The van der Waals surface area contributed by atoms with Crippen LogP contribution in [0.25, 0.3) is 0 Å². The molecule has 3 nitrogen and oxygen atoms in total. The monoisotopic (exact) mass is 344 g/mol. The summed E-state index contributed by atoms with van der Waals surface area (Å²) < 4.78 is 13.8. The Kier molecular flexibility index (Phi) is 6.68. The van der Waals surface area contributed by atoms with Gasteiger partial charge < -0.3 is 0 Å². The molecule has 2 atom stereocenters. The minimum atomic E-state index is -2.38. The zero-order valence-electron chi connectivity index (χ0n) is 14.7. The highest BCUT2D eigenvalue weighted by Crippen LogP contribution is 2.39. The van der Waals surface area contributed by atoms with E-state index in [9.17, 15) is 9.46 Å². The Balaban J connectivity index is 2.27. The average molecular weight is 344 g/mol. The Bertz CT molecular complexity index is 645. The van der Waals surface area contributed by atoms with Crippen LogP contribution in [0, 0.1) is 0 Å². The Morgan fingerprint density at radius 3 is 1.96 bits per heavy atom. The van der Waals surface area contributed by atoms with Crippen LogP contribution in [-0.2, 0) is 17.4 Å². The molecule has 0 bridgehead atoms. The van der Waals surface area contributed by atoms with Gasteiger partial charge in [-0.25, -0.2) is 0 Å². The molecule has 0 amide bonds. The van der Waals surface area contributed by atoms with E-state index >= 15 is 0 Å². The fourth-order valence-corrected chi connectivity index (χ4v) is 4.38. The molecule has 4 heteroatoms. The van der Waals surface area contributed by atoms with Crippen molar-refractivity contribution >= 4 is 8.18 Å². The standard InChI is InChI=1S/C20H26NO2P/c1-17(2)21(24(22)23)20(3,16-19-12-8-5-9-13-19)15-14-18-10-6-4-7-11-18/h4-13,17H,14-16H2,1-3H3/p+1. The first-order valence-corrected chi connectivity index (χ1v) is 9.62. The predicted octanol–water partition coefficient (Wildman–Crippen LogP) is 4.98. The van der Waals surface area contributed by atoms with Crippen LogP contribution in [0.15, 0.2) is 60.7 Å². The topological polar surface area (TPSA) is 40.5 Å². The minimum absolute atomic E-state index is 0.00287. The Labute approximate surface area is 146 Å². The van der Waals surface area contributed by atoms with E-state index in [1.54, 1.807) is 4.67 Å². The number of aryl methyl sites for hydroxylation is 1. The molecule has 0 saturated carbocycles. The van der Waals surface area contributed by atoms with E-state index in [0.717, 1.165) is 19.3 Å². The molecule has 0 heterocycles. The molecule has 0 fully saturated rings. The van der Waals surface area contributed by atoms with Crippen LogP contribution in [0.1, 0.15) is 38.3 Å². The maximum Gasteiger partial charge on any atom is 0.613 e. The van der Waals surface area contributed by atoms with Crippen LogP contribution in [0.4, 0.5) is 0 Å². The molecule has 2 unspecified atom stereocenters. The number of nitrogens with zero attached hydrogens (tertiary/aromatic N) is 1. The van der Waals surface area contributed by atoms with Gasteiger partial charge in [0, 0.05) is 0 Å². The number of benzene rings is 2. The number of rotatable bonds is 8. The molecule has 2 rings (SSSR count). The summed E-state index contributed by atoms with van der Waals surface area (Å²) in [5.41, 5.74) is 2.07. The van der Waals surface area contributed by atoms with Crippen molar-refractivity contribution in [2.24, 2.45) is 0 Å². The van der Waals surface area contributed by atoms with Crippen LogP contribution in [0.3, 0.4) is 0 Å². The van der Waals surface area contributed by atoms with E-state index in [2.05, 4.69) is 31.2 Å². The second kappa shape index (κ2) is 8.53. The smallest absolute Gasteiger partial charge is 0.144 e. The predicted molar refractivity (Wildman–Crippen MR) is 100 cm³/mol. The number of hydrogen-bond donors (Lipinski definition) is 1. The molecular weight excluding hydrogens is 317 g/mol. The highest BCUT2D eigenvalue weighted by atomic mass is 31.1. The summed E-state index contributed by atoms with van der Waals surface area (Å²) in [6.45, 7) is 6.07. The third kappa shape index (κ3) is 4.98. The molecule has 0 aromatic heterocycles. The van der Waals surface area contributed by atoms with Gasteiger partial charge in [0.25, 0.3) is 0 Å². The van der Waals surface area contributed by atoms with E-state index in [4.69, 9.17) is 0 Å². The Morgan fingerprint density at radius 2 is 1.50 bits per heavy atom. The second-order valence-electron chi connectivity index (χ2n) is 6.84. The first-order valence-electron chi connectivity index (χ1n) is 8.45. The van der Waals surface area contributed by atoms with Crippen molar-refractivity contribution in [1.82, 2.24) is 4.67 Å². The lowest BCUT2D eigenvalue weighted by atomic mass is 9.86. The third-order valence-corrected chi connectivity index (χ3v) is 5.76. The lowest BCUT2D eigenvalue weighted by Crippen LogP contribution is -2.47. The molecule has 128 valence electrons. The van der Waals surface area contributed by atoms with Crippen LogP contribution in [0.2, 0.25) is 0 Å². The van der Waals surface area contributed by atoms with Gasteiger partial charge in [-0.15, -0.1) is 4.89 Å². The maximum absolute atomic E-state index is 12.1. The molecule has 0 aliphatic heterocycles. The van der Waals surface area contributed by atoms with Gasteiger partial charge in [0.05, 0.1) is 11.6 Å². The van der Waals surface area contributed by atoms with Crippen molar-refractivity contribution in [3.63, 3.8) is 0 Å². The van der Waals surface area contributed by atoms with Crippen LogP contribution in [-0.4, -0.2) is 21.1 Å². The third-order valence-electron chi connectivity index (χ3n) is 4.45. The highest BCUT2D eigenvalue weighted by molar-refractivity contribution is 7.35. The van der Waals surface area contributed by atoms with Gasteiger partial charge in [0.1, 0.15) is 0 Å². The fraction of sp³-hybridized carbons (Fsp3) is 0.400. The van der Waals surface area contributed by atoms with Gasteiger partial charge >= 0.3 is 8.18 Å². The quantitative estimate of drug-likeness (QED) is 0.687. The lowest BCUT2D eigenvalue weighted by molar-refractivity contribution is 0.147. The van der Waals surface area contributed by atoms with Gasteiger partial charge in [-0.3, -0.25) is 0 Å². The maximum atomic E-state index is 12.1. The first-order chi connectivity index (χ1) is 11.4. The van der Waals surface area contributed by atoms with E-state index in [1.807, 2.05) is 50.2 Å². The molecule has 0 saturated heterocycles. The SMILES string of the molecule is CC(C)N([P+](=O)O)C(C)(CCc1ccccc1)Cc1ccccc1. The number of hydrogen-bond acceptors (Lipinski definition) is 1. The summed E-state index contributed by atoms with van der Waals surface area (Å²) in [5.74, 6) is 0. The summed E-state index contributed by atoms with van der Waals surface area (Å²) >= 11 is 0. The van der Waals surface area contributed by atoms with Gasteiger partial charge in [0.2, 0.25) is 0 Å². The lowest BCUT2D eigenvalue weighted by Gasteiger charge is -2.35. The molecule has 0 aliphatic carbocycles. The first kappa shape index (κ1) is 18.8. The summed E-state index contributed by atoms with van der Waals surface area (Å²) in [4.78, 5) is 9.93. The van der Waals surface area contributed by atoms with Gasteiger partial charge in [-0.05, 0) is 55.7 Å². The molecule has 0 aliphatic rings. The van der Waals surface area contributed by atoms with Crippen molar-refractivity contribution < 1.29 is 9.46 Å². The van der Waals surface area contributed by atoms with Gasteiger partial charge in [-0.2, -0.15) is 0 Å². The molecule has 2 aromatic rings. The van der Waals surface area contributed by atoms with Crippen LogP contribution >= 0.6 is 8.18 Å². The van der Waals surface area contributed by atoms with Crippen molar-refractivity contribution in [2.75, 3.05) is 0 Å². The van der Waals surface area contributed by atoms with Crippen molar-refractivity contribution in [3.8, 4) is 0 Å². The van der Waals surface area contributed by atoms with Crippen molar-refractivity contribution in [2.45, 2.75) is 51.6 Å². The fourth-order valence-electron chi connectivity index (χ4n) is 3.41. The Morgan fingerprint density at radius 1 is 1.00 bits per heavy atom. The van der Waals surface area contributed by atoms with Crippen molar-refractivity contribution in [1.29, 1.82) is 0 Å². The summed E-state index contributed by atoms with van der Waals surface area (Å²) in [7, 11) is -2.38.